The van der Waals surface area contributed by atoms with E-state index in [9.17, 15) is 9.18 Å². The van der Waals surface area contributed by atoms with E-state index in [-0.39, 0.29) is 36.2 Å². The number of nitrogens with one attached hydrogen (secondary N) is 2. The third-order valence-corrected chi connectivity index (χ3v) is 3.47. The Morgan fingerprint density at radius 3 is 3.00 bits per heavy atom. The van der Waals surface area contributed by atoms with Crippen molar-refractivity contribution < 1.29 is 18.7 Å². The summed E-state index contributed by atoms with van der Waals surface area (Å²) in [5.41, 5.74) is 0.624. The molecule has 1 aromatic rings. The molecule has 0 aliphatic carbocycles. The van der Waals surface area contributed by atoms with Crippen molar-refractivity contribution in [2.75, 3.05) is 26.9 Å². The number of ether oxygens (including phenoxy) is 2. The molecule has 0 radical (unpaired) electrons. The summed E-state index contributed by atoms with van der Waals surface area (Å²) in [4.78, 5) is 12.0. The van der Waals surface area contributed by atoms with Gasteiger partial charge in [0.15, 0.2) is 0 Å². The topological polar surface area (TPSA) is 59.6 Å². The monoisotopic (exact) mass is 332 g/mol. The second kappa shape index (κ2) is 8.92. The van der Waals surface area contributed by atoms with Crippen LogP contribution in [0.15, 0.2) is 18.2 Å². The van der Waals surface area contributed by atoms with Gasteiger partial charge in [0, 0.05) is 24.6 Å². The summed E-state index contributed by atoms with van der Waals surface area (Å²) in [6, 6.07) is 3.98. The molecule has 0 aromatic heterocycles. The summed E-state index contributed by atoms with van der Waals surface area (Å²) in [6.45, 7) is 3.77. The number of hydrogen-bond acceptors (Lipinski definition) is 4. The molecule has 1 aromatic carbocycles. The second-order valence-corrected chi connectivity index (χ2v) is 5.11. The quantitative estimate of drug-likeness (QED) is 0.863. The molecule has 1 aliphatic rings. The fraction of sp³-hybridized carbons (Fsp3) is 0.533. The Balaban J connectivity index is 0.00000242. The van der Waals surface area contributed by atoms with Crippen molar-refractivity contribution >= 4 is 18.3 Å². The Bertz CT molecular complexity index is 496. The smallest absolute Gasteiger partial charge is 0.222 e. The average Bonchev–Trinajstić information content (AvgIpc) is 2.48. The summed E-state index contributed by atoms with van der Waals surface area (Å²) in [5.74, 6) is 0.106. The van der Waals surface area contributed by atoms with Crippen LogP contribution in [0.1, 0.15) is 24.9 Å². The molecule has 5 nitrogen and oxygen atoms in total. The van der Waals surface area contributed by atoms with E-state index in [1.807, 2.05) is 0 Å². The lowest BCUT2D eigenvalue weighted by atomic mass is 10.1. The van der Waals surface area contributed by atoms with Crippen molar-refractivity contribution in [1.29, 1.82) is 0 Å². The molecule has 0 bridgehead atoms. The van der Waals surface area contributed by atoms with Gasteiger partial charge in [-0.15, -0.1) is 12.4 Å². The van der Waals surface area contributed by atoms with Crippen LogP contribution in [0.3, 0.4) is 0 Å². The highest BCUT2D eigenvalue weighted by atomic mass is 35.5. The number of amides is 1. The maximum atomic E-state index is 13.4. The Morgan fingerprint density at radius 2 is 2.36 bits per heavy atom. The molecule has 1 aliphatic heterocycles. The number of rotatable bonds is 5. The summed E-state index contributed by atoms with van der Waals surface area (Å²) in [7, 11) is 1.52. The van der Waals surface area contributed by atoms with Crippen LogP contribution in [0.4, 0.5) is 4.39 Å². The van der Waals surface area contributed by atoms with Crippen LogP contribution in [-0.4, -0.2) is 38.8 Å². The van der Waals surface area contributed by atoms with E-state index >= 15 is 0 Å². The van der Waals surface area contributed by atoms with Crippen LogP contribution in [0.25, 0.3) is 0 Å². The van der Waals surface area contributed by atoms with Crippen LogP contribution in [0.2, 0.25) is 0 Å². The number of methoxy groups -OCH3 is 1. The molecular formula is C15H22ClFN2O3. The molecule has 0 spiro atoms. The van der Waals surface area contributed by atoms with Crippen LogP contribution >= 0.6 is 12.4 Å². The lowest BCUT2D eigenvalue weighted by molar-refractivity contribution is -0.122. The van der Waals surface area contributed by atoms with Gasteiger partial charge >= 0.3 is 0 Å². The van der Waals surface area contributed by atoms with E-state index in [0.717, 1.165) is 6.54 Å². The second-order valence-electron chi connectivity index (χ2n) is 5.11. The first-order chi connectivity index (χ1) is 10.1. The standard InChI is InChI=1S/C15H21FN2O3.ClH/c1-10(13-7-11(16)3-4-14(13)20-2)18-15(19)8-12-9-21-6-5-17-12;/h3-4,7,10,12,17H,5-6,8-9H2,1-2H3,(H,18,19);1H. The van der Waals surface area contributed by atoms with Crippen LogP contribution in [-0.2, 0) is 9.53 Å². The van der Waals surface area contributed by atoms with E-state index in [4.69, 9.17) is 9.47 Å². The zero-order valence-corrected chi connectivity index (χ0v) is 13.5. The van der Waals surface area contributed by atoms with Gasteiger partial charge in [-0.1, -0.05) is 0 Å². The maximum absolute atomic E-state index is 13.4. The van der Waals surface area contributed by atoms with Gasteiger partial charge in [-0.25, -0.2) is 4.39 Å². The summed E-state index contributed by atoms with van der Waals surface area (Å²) < 4.78 is 23.9. The summed E-state index contributed by atoms with van der Waals surface area (Å²) >= 11 is 0. The molecule has 2 atom stereocenters. The number of halogens is 2. The SMILES string of the molecule is COc1ccc(F)cc1C(C)NC(=O)CC1COCCN1.Cl. The van der Waals surface area contributed by atoms with Crippen LogP contribution in [0, 0.1) is 5.82 Å². The van der Waals surface area contributed by atoms with E-state index < -0.39 is 0 Å². The molecule has 1 saturated heterocycles. The first-order valence-electron chi connectivity index (χ1n) is 7.04. The molecule has 124 valence electrons. The van der Waals surface area contributed by atoms with Crippen molar-refractivity contribution in [2.24, 2.45) is 0 Å². The van der Waals surface area contributed by atoms with Crippen molar-refractivity contribution in [3.63, 3.8) is 0 Å². The Morgan fingerprint density at radius 1 is 1.59 bits per heavy atom. The number of morpholine rings is 1. The van der Waals surface area contributed by atoms with Crippen molar-refractivity contribution in [3.8, 4) is 5.75 Å². The minimum atomic E-state index is -0.353. The lowest BCUT2D eigenvalue weighted by Crippen LogP contribution is -2.44. The molecule has 1 heterocycles. The van der Waals surface area contributed by atoms with Gasteiger partial charge in [-0.05, 0) is 25.1 Å². The predicted molar refractivity (Wildman–Crippen MR) is 84.0 cm³/mol. The molecule has 0 saturated carbocycles. The van der Waals surface area contributed by atoms with Gasteiger partial charge < -0.3 is 20.1 Å². The third kappa shape index (κ3) is 5.12. The van der Waals surface area contributed by atoms with Gasteiger partial charge in [0.2, 0.25) is 5.91 Å². The predicted octanol–water partition coefficient (Wildman–Crippen LogP) is 1.81. The first kappa shape index (κ1) is 18.7. The normalized spacial score (nSPS) is 19.0. The van der Waals surface area contributed by atoms with Gasteiger partial charge in [0.1, 0.15) is 11.6 Å². The average molecular weight is 333 g/mol. The zero-order chi connectivity index (χ0) is 15.2. The minimum absolute atomic E-state index is 0. The van der Waals surface area contributed by atoms with Gasteiger partial charge in [-0.2, -0.15) is 0 Å². The van der Waals surface area contributed by atoms with E-state index in [2.05, 4.69) is 10.6 Å². The number of benzene rings is 1. The Hall–Kier alpha value is -1.37. The molecular weight excluding hydrogens is 311 g/mol. The fourth-order valence-electron chi connectivity index (χ4n) is 2.40. The van der Waals surface area contributed by atoms with E-state index in [0.29, 0.717) is 30.9 Å². The van der Waals surface area contributed by atoms with E-state index in [1.165, 1.54) is 19.2 Å². The number of carbonyl (C=O) groups is 1. The molecule has 2 N–H and O–H groups in total. The highest BCUT2D eigenvalue weighted by molar-refractivity contribution is 5.85. The zero-order valence-electron chi connectivity index (χ0n) is 12.7. The lowest BCUT2D eigenvalue weighted by Gasteiger charge is -2.24. The van der Waals surface area contributed by atoms with Crippen LogP contribution in [0.5, 0.6) is 5.75 Å². The highest BCUT2D eigenvalue weighted by Crippen LogP contribution is 2.25. The number of carbonyl (C=O) groups excluding carboxylic acids is 1. The summed E-state index contributed by atoms with van der Waals surface area (Å²) in [5, 5.41) is 6.09. The van der Waals surface area contributed by atoms with Crippen molar-refractivity contribution in [3.05, 3.63) is 29.6 Å². The minimum Gasteiger partial charge on any atom is -0.496 e. The highest BCUT2D eigenvalue weighted by Gasteiger charge is 2.20. The van der Waals surface area contributed by atoms with Gasteiger partial charge in [0.05, 0.1) is 26.4 Å². The van der Waals surface area contributed by atoms with E-state index in [1.54, 1.807) is 13.0 Å². The van der Waals surface area contributed by atoms with Crippen molar-refractivity contribution in [2.45, 2.75) is 25.4 Å². The third-order valence-electron chi connectivity index (χ3n) is 3.47. The molecule has 22 heavy (non-hydrogen) atoms. The Kier molecular flexibility index (Phi) is 7.58. The fourth-order valence-corrected chi connectivity index (χ4v) is 2.40. The summed E-state index contributed by atoms with van der Waals surface area (Å²) in [6.07, 6.45) is 0.335. The first-order valence-corrected chi connectivity index (χ1v) is 7.04. The largest absolute Gasteiger partial charge is 0.496 e. The number of hydrogen-bond donors (Lipinski definition) is 2. The van der Waals surface area contributed by atoms with Gasteiger partial charge in [0.25, 0.3) is 0 Å². The molecule has 1 fully saturated rings. The van der Waals surface area contributed by atoms with Gasteiger partial charge in [-0.3, -0.25) is 4.79 Å². The molecule has 1 amide bonds. The molecule has 7 heteroatoms. The van der Waals surface area contributed by atoms with Crippen molar-refractivity contribution in [1.82, 2.24) is 10.6 Å². The molecule has 2 rings (SSSR count). The van der Waals surface area contributed by atoms with Crippen LogP contribution < -0.4 is 15.4 Å². The molecule has 2 unspecified atom stereocenters. The Labute approximate surface area is 136 Å². The maximum Gasteiger partial charge on any atom is 0.222 e.